The average molecular weight is 529 g/mol. The maximum absolute atomic E-state index is 12.4. The number of rotatable bonds is 11. The Hall–Kier alpha value is -3.44. The van der Waals surface area contributed by atoms with Crippen molar-refractivity contribution in [1.82, 2.24) is 5.32 Å². The van der Waals surface area contributed by atoms with Crippen LogP contribution in [0, 0.1) is 0 Å². The zero-order chi connectivity index (χ0) is 28.7. The largest absolute Gasteiger partial charge is 0.478 e. The van der Waals surface area contributed by atoms with Crippen molar-refractivity contribution in [3.05, 3.63) is 77.4 Å². The van der Waals surface area contributed by atoms with Crippen LogP contribution in [0.2, 0.25) is 0 Å². The van der Waals surface area contributed by atoms with E-state index in [0.717, 1.165) is 53.7 Å². The van der Waals surface area contributed by atoms with Crippen LogP contribution in [0.25, 0.3) is 22.3 Å². The highest BCUT2D eigenvalue weighted by Gasteiger charge is 2.24. The SMILES string of the molecule is CCC(C)NCCCc1ccc(-c2ccc(C(=O)O)cc2)cc1-c1ccc(N(CC)C(C)=O)c(C(C)(C)C)c1. The van der Waals surface area contributed by atoms with E-state index in [1.807, 2.05) is 24.0 Å². The van der Waals surface area contributed by atoms with Crippen LogP contribution in [-0.4, -0.2) is 36.1 Å². The van der Waals surface area contributed by atoms with E-state index in [0.29, 0.717) is 12.6 Å². The summed E-state index contributed by atoms with van der Waals surface area (Å²) in [5.41, 5.74) is 7.81. The molecule has 1 amide bonds. The standard InChI is InChI=1S/C34H44N2O3/c1-8-23(3)35-20-10-11-26-14-17-28(25-12-15-27(16-13-25)33(38)39)21-30(26)29-18-19-32(36(9-2)24(4)37)31(22-29)34(5,6)7/h12-19,21-23,35H,8-11,20H2,1-7H3,(H,38,39). The molecule has 3 aromatic rings. The van der Waals surface area contributed by atoms with Gasteiger partial charge < -0.3 is 15.3 Å². The molecule has 1 unspecified atom stereocenters. The summed E-state index contributed by atoms with van der Waals surface area (Å²) in [6, 6.07) is 20.6. The van der Waals surface area contributed by atoms with E-state index in [9.17, 15) is 14.7 Å². The van der Waals surface area contributed by atoms with Gasteiger partial charge in [0.05, 0.1) is 5.56 Å². The molecule has 0 saturated heterocycles. The fraction of sp³-hybridized carbons (Fsp3) is 0.412. The van der Waals surface area contributed by atoms with Gasteiger partial charge in [0.1, 0.15) is 0 Å². The van der Waals surface area contributed by atoms with Gasteiger partial charge in [-0.2, -0.15) is 0 Å². The van der Waals surface area contributed by atoms with Crippen molar-refractivity contribution in [3.8, 4) is 22.3 Å². The number of carboxylic acids is 1. The number of carbonyl (C=O) groups is 2. The predicted molar refractivity (Wildman–Crippen MR) is 163 cm³/mol. The maximum atomic E-state index is 12.4. The first-order chi connectivity index (χ1) is 18.5. The summed E-state index contributed by atoms with van der Waals surface area (Å²) in [6.07, 6.45) is 3.08. The van der Waals surface area contributed by atoms with Crippen LogP contribution in [-0.2, 0) is 16.6 Å². The minimum absolute atomic E-state index is 0.0389. The lowest BCUT2D eigenvalue weighted by Crippen LogP contribution is -2.30. The summed E-state index contributed by atoms with van der Waals surface area (Å²) < 4.78 is 0. The topological polar surface area (TPSA) is 69.6 Å². The van der Waals surface area contributed by atoms with E-state index in [-0.39, 0.29) is 16.9 Å². The van der Waals surface area contributed by atoms with Gasteiger partial charge in [0, 0.05) is 25.2 Å². The lowest BCUT2D eigenvalue weighted by molar-refractivity contribution is -0.116. The van der Waals surface area contributed by atoms with E-state index in [1.54, 1.807) is 19.1 Å². The number of hydrogen-bond donors (Lipinski definition) is 2. The molecule has 0 fully saturated rings. The molecular weight excluding hydrogens is 484 g/mol. The molecule has 0 heterocycles. The van der Waals surface area contributed by atoms with Crippen LogP contribution in [0.1, 0.15) is 82.8 Å². The Morgan fingerprint density at radius 2 is 1.56 bits per heavy atom. The number of aryl methyl sites for hydroxylation is 1. The van der Waals surface area contributed by atoms with Crippen molar-refractivity contribution in [2.45, 2.75) is 79.2 Å². The van der Waals surface area contributed by atoms with Crippen molar-refractivity contribution in [3.63, 3.8) is 0 Å². The summed E-state index contributed by atoms with van der Waals surface area (Å²) in [7, 11) is 0. The van der Waals surface area contributed by atoms with Crippen LogP contribution in [0.4, 0.5) is 5.69 Å². The highest BCUT2D eigenvalue weighted by atomic mass is 16.4. The molecule has 5 nitrogen and oxygen atoms in total. The number of nitrogens with zero attached hydrogens (tertiary/aromatic N) is 1. The van der Waals surface area contributed by atoms with Gasteiger partial charge >= 0.3 is 5.97 Å². The molecule has 2 N–H and O–H groups in total. The Kier molecular flexibility index (Phi) is 10.1. The van der Waals surface area contributed by atoms with Gasteiger partial charge in [-0.05, 0) is 109 Å². The summed E-state index contributed by atoms with van der Waals surface area (Å²) >= 11 is 0. The number of hydrogen-bond acceptors (Lipinski definition) is 3. The molecule has 208 valence electrons. The van der Waals surface area contributed by atoms with Crippen LogP contribution in [0.3, 0.4) is 0 Å². The first kappa shape index (κ1) is 30.1. The van der Waals surface area contributed by atoms with Crippen molar-refractivity contribution in [2.24, 2.45) is 0 Å². The number of amides is 1. The second kappa shape index (κ2) is 13.1. The van der Waals surface area contributed by atoms with E-state index in [1.165, 1.54) is 11.1 Å². The summed E-state index contributed by atoms with van der Waals surface area (Å²) in [5.74, 6) is -0.887. The molecule has 0 aliphatic rings. The van der Waals surface area contributed by atoms with Crippen LogP contribution >= 0.6 is 0 Å². The number of aromatic carboxylic acids is 1. The fourth-order valence-electron chi connectivity index (χ4n) is 4.92. The van der Waals surface area contributed by atoms with Gasteiger partial charge in [0.15, 0.2) is 0 Å². The fourth-order valence-corrected chi connectivity index (χ4v) is 4.92. The van der Waals surface area contributed by atoms with Crippen LogP contribution < -0.4 is 10.2 Å². The Labute approximate surface area is 234 Å². The van der Waals surface area contributed by atoms with Crippen molar-refractivity contribution in [1.29, 1.82) is 0 Å². The molecule has 39 heavy (non-hydrogen) atoms. The Bertz CT molecular complexity index is 1290. The quantitative estimate of drug-likeness (QED) is 0.250. The van der Waals surface area contributed by atoms with Crippen molar-refractivity contribution >= 4 is 17.6 Å². The molecule has 0 spiro atoms. The molecule has 0 aromatic heterocycles. The number of anilines is 1. The molecule has 3 aromatic carbocycles. The Morgan fingerprint density at radius 1 is 0.923 bits per heavy atom. The van der Waals surface area contributed by atoms with Crippen LogP contribution in [0.15, 0.2) is 60.7 Å². The predicted octanol–water partition coefficient (Wildman–Crippen LogP) is 7.71. The number of carboxylic acid groups (broad SMARTS) is 1. The van der Waals surface area contributed by atoms with Gasteiger partial charge in [-0.3, -0.25) is 4.79 Å². The molecule has 0 saturated carbocycles. The Morgan fingerprint density at radius 3 is 2.13 bits per heavy atom. The van der Waals surface area contributed by atoms with E-state index < -0.39 is 5.97 Å². The summed E-state index contributed by atoms with van der Waals surface area (Å²) in [5, 5.41) is 12.9. The molecule has 0 aliphatic heterocycles. The number of benzene rings is 3. The first-order valence-electron chi connectivity index (χ1n) is 14.1. The second-order valence-electron chi connectivity index (χ2n) is 11.4. The van der Waals surface area contributed by atoms with Crippen molar-refractivity contribution in [2.75, 3.05) is 18.0 Å². The zero-order valence-corrected chi connectivity index (χ0v) is 24.6. The van der Waals surface area contributed by atoms with Gasteiger partial charge in [-0.1, -0.05) is 58.0 Å². The highest BCUT2D eigenvalue weighted by molar-refractivity contribution is 5.93. The number of carbonyl (C=O) groups excluding carboxylic acids is 1. The average Bonchev–Trinajstić information content (AvgIpc) is 2.90. The van der Waals surface area contributed by atoms with Crippen LogP contribution in [0.5, 0.6) is 0 Å². The molecule has 3 rings (SSSR count). The summed E-state index contributed by atoms with van der Waals surface area (Å²) in [6.45, 7) is 16.2. The lowest BCUT2D eigenvalue weighted by atomic mass is 9.82. The van der Waals surface area contributed by atoms with Crippen molar-refractivity contribution < 1.29 is 14.7 Å². The van der Waals surface area contributed by atoms with E-state index in [4.69, 9.17) is 0 Å². The lowest BCUT2D eigenvalue weighted by Gasteiger charge is -2.30. The normalized spacial score (nSPS) is 12.3. The maximum Gasteiger partial charge on any atom is 0.335 e. The van der Waals surface area contributed by atoms with E-state index in [2.05, 4.69) is 76.3 Å². The van der Waals surface area contributed by atoms with Gasteiger partial charge in [0.2, 0.25) is 5.91 Å². The summed E-state index contributed by atoms with van der Waals surface area (Å²) in [4.78, 5) is 25.6. The zero-order valence-electron chi connectivity index (χ0n) is 24.6. The minimum Gasteiger partial charge on any atom is -0.478 e. The third-order valence-electron chi connectivity index (χ3n) is 7.41. The van der Waals surface area contributed by atoms with Gasteiger partial charge in [-0.25, -0.2) is 4.79 Å². The molecule has 0 aliphatic carbocycles. The third-order valence-corrected chi connectivity index (χ3v) is 7.41. The molecular formula is C34H44N2O3. The molecule has 5 heteroatoms. The monoisotopic (exact) mass is 528 g/mol. The molecule has 0 bridgehead atoms. The Balaban J connectivity index is 2.10. The first-order valence-corrected chi connectivity index (χ1v) is 14.1. The smallest absolute Gasteiger partial charge is 0.335 e. The van der Waals surface area contributed by atoms with Gasteiger partial charge in [0.25, 0.3) is 0 Å². The second-order valence-corrected chi connectivity index (χ2v) is 11.4. The minimum atomic E-state index is -0.926. The highest BCUT2D eigenvalue weighted by Crippen LogP contribution is 2.38. The number of nitrogens with one attached hydrogen (secondary N) is 1. The van der Waals surface area contributed by atoms with E-state index >= 15 is 0 Å². The molecule has 0 radical (unpaired) electrons. The van der Waals surface area contributed by atoms with Gasteiger partial charge in [-0.15, -0.1) is 0 Å². The third kappa shape index (κ3) is 7.57. The molecule has 1 atom stereocenters.